The Labute approximate surface area is 105 Å². The van der Waals surface area contributed by atoms with Crippen LogP contribution in [0.15, 0.2) is 0 Å². The quantitative estimate of drug-likeness (QED) is 0.759. The first-order chi connectivity index (χ1) is 7.92. The van der Waals surface area contributed by atoms with Crippen LogP contribution >= 0.6 is 0 Å². The molecule has 2 rings (SSSR count). The van der Waals surface area contributed by atoms with Crippen LogP contribution in [0.3, 0.4) is 0 Å². The van der Waals surface area contributed by atoms with Gasteiger partial charge in [-0.1, -0.05) is 26.7 Å². The number of likely N-dealkylation sites (tertiary alicyclic amines) is 1. The first-order valence-corrected chi connectivity index (χ1v) is 6.99. The van der Waals surface area contributed by atoms with Gasteiger partial charge in [-0.25, -0.2) is 0 Å². The molecular weight excluding hydrogens is 212 g/mol. The molecule has 0 bridgehead atoms. The number of hydrogen-bond acceptors (Lipinski definition) is 2. The highest BCUT2D eigenvalue weighted by Gasteiger charge is 2.41. The molecule has 1 saturated carbocycles. The summed E-state index contributed by atoms with van der Waals surface area (Å²) in [5, 5.41) is 0. The maximum absolute atomic E-state index is 12.6. The Balaban J connectivity index is 2.04. The molecule has 4 atom stereocenters. The third-order valence-corrected chi connectivity index (χ3v) is 4.85. The van der Waals surface area contributed by atoms with Gasteiger partial charge in [0.05, 0.1) is 5.92 Å². The fourth-order valence-electron chi connectivity index (χ4n) is 3.29. The minimum absolute atomic E-state index is 0.0498. The van der Waals surface area contributed by atoms with Crippen LogP contribution in [0.5, 0.6) is 0 Å². The Bertz CT molecular complexity index is 291. The SMILES string of the molecule is CC1CN(C(=O)C2CCCCC2(C)N)CC1C. The highest BCUT2D eigenvalue weighted by atomic mass is 16.2. The maximum Gasteiger partial charge on any atom is 0.227 e. The van der Waals surface area contributed by atoms with E-state index in [1.807, 2.05) is 0 Å². The van der Waals surface area contributed by atoms with E-state index in [-0.39, 0.29) is 11.5 Å². The zero-order valence-corrected chi connectivity index (χ0v) is 11.4. The first-order valence-electron chi connectivity index (χ1n) is 6.99. The summed E-state index contributed by atoms with van der Waals surface area (Å²) in [6.45, 7) is 8.37. The van der Waals surface area contributed by atoms with E-state index in [9.17, 15) is 4.79 Å². The molecule has 2 fully saturated rings. The monoisotopic (exact) mass is 238 g/mol. The molecule has 1 aliphatic heterocycles. The van der Waals surface area contributed by atoms with Crippen molar-refractivity contribution in [3.05, 3.63) is 0 Å². The molecular formula is C14H26N2O. The fraction of sp³-hybridized carbons (Fsp3) is 0.929. The summed E-state index contributed by atoms with van der Waals surface area (Å²) in [7, 11) is 0. The van der Waals surface area contributed by atoms with E-state index in [1.54, 1.807) is 0 Å². The van der Waals surface area contributed by atoms with Crippen molar-refractivity contribution < 1.29 is 4.79 Å². The molecule has 17 heavy (non-hydrogen) atoms. The predicted molar refractivity (Wildman–Crippen MR) is 69.5 cm³/mol. The summed E-state index contributed by atoms with van der Waals surface area (Å²) in [4.78, 5) is 14.6. The van der Waals surface area contributed by atoms with E-state index in [1.165, 1.54) is 6.42 Å². The number of carbonyl (C=O) groups excluding carboxylic acids is 1. The lowest BCUT2D eigenvalue weighted by atomic mass is 9.74. The lowest BCUT2D eigenvalue weighted by Gasteiger charge is -2.39. The standard InChI is InChI=1S/C14H26N2O/c1-10-8-16(9-11(10)2)13(17)12-6-4-5-7-14(12,3)15/h10-12H,4-9,15H2,1-3H3. The summed E-state index contributed by atoms with van der Waals surface area (Å²) in [6.07, 6.45) is 4.29. The number of amides is 1. The normalized spacial score (nSPS) is 42.8. The molecule has 4 unspecified atom stereocenters. The van der Waals surface area contributed by atoms with Crippen LogP contribution in [0, 0.1) is 17.8 Å². The molecule has 1 aliphatic carbocycles. The predicted octanol–water partition coefficient (Wildman–Crippen LogP) is 2.01. The molecule has 1 saturated heterocycles. The van der Waals surface area contributed by atoms with E-state index < -0.39 is 0 Å². The summed E-state index contributed by atoms with van der Waals surface area (Å²) in [6, 6.07) is 0. The van der Waals surface area contributed by atoms with Crippen LogP contribution < -0.4 is 5.73 Å². The topological polar surface area (TPSA) is 46.3 Å². The van der Waals surface area contributed by atoms with Gasteiger partial charge in [-0.3, -0.25) is 4.79 Å². The Morgan fingerprint density at radius 1 is 1.24 bits per heavy atom. The summed E-state index contributed by atoms with van der Waals surface area (Å²) < 4.78 is 0. The number of nitrogens with two attached hydrogens (primary N) is 1. The lowest BCUT2D eigenvalue weighted by Crippen LogP contribution is -2.53. The molecule has 2 N–H and O–H groups in total. The van der Waals surface area contributed by atoms with Gasteiger partial charge in [-0.2, -0.15) is 0 Å². The lowest BCUT2D eigenvalue weighted by molar-refractivity contribution is -0.138. The number of nitrogens with zero attached hydrogens (tertiary/aromatic N) is 1. The van der Waals surface area contributed by atoms with Gasteiger partial charge in [-0.15, -0.1) is 0 Å². The summed E-state index contributed by atoms with van der Waals surface area (Å²) in [5.74, 6) is 1.62. The van der Waals surface area contributed by atoms with Crippen LogP contribution in [0.25, 0.3) is 0 Å². The Kier molecular flexibility index (Phi) is 3.48. The van der Waals surface area contributed by atoms with Gasteiger partial charge in [0.15, 0.2) is 0 Å². The first kappa shape index (κ1) is 12.9. The zero-order chi connectivity index (χ0) is 12.6. The van der Waals surface area contributed by atoms with Crippen molar-refractivity contribution in [1.82, 2.24) is 4.90 Å². The third-order valence-electron chi connectivity index (χ3n) is 4.85. The van der Waals surface area contributed by atoms with Crippen molar-refractivity contribution >= 4 is 5.91 Å². The summed E-state index contributed by atoms with van der Waals surface area (Å²) in [5.41, 5.74) is 6.03. The van der Waals surface area contributed by atoms with Crippen molar-refractivity contribution in [2.24, 2.45) is 23.5 Å². The molecule has 98 valence electrons. The second kappa shape index (κ2) is 4.60. The molecule has 1 heterocycles. The second-order valence-corrected chi connectivity index (χ2v) is 6.50. The molecule has 0 spiro atoms. The van der Waals surface area contributed by atoms with Crippen molar-refractivity contribution in [2.45, 2.75) is 52.0 Å². The molecule has 1 amide bonds. The van der Waals surface area contributed by atoms with Crippen molar-refractivity contribution in [3.63, 3.8) is 0 Å². The highest BCUT2D eigenvalue weighted by molar-refractivity contribution is 5.80. The van der Waals surface area contributed by atoms with E-state index >= 15 is 0 Å². The Morgan fingerprint density at radius 2 is 1.82 bits per heavy atom. The number of hydrogen-bond donors (Lipinski definition) is 1. The number of carbonyl (C=O) groups is 1. The summed E-state index contributed by atoms with van der Waals surface area (Å²) >= 11 is 0. The zero-order valence-electron chi connectivity index (χ0n) is 11.4. The Morgan fingerprint density at radius 3 is 2.35 bits per heavy atom. The average molecular weight is 238 g/mol. The van der Waals surface area contributed by atoms with Gasteiger partial charge in [0.25, 0.3) is 0 Å². The molecule has 0 aromatic heterocycles. The highest BCUT2D eigenvalue weighted by Crippen LogP contribution is 2.34. The Hall–Kier alpha value is -0.570. The smallest absolute Gasteiger partial charge is 0.227 e. The van der Waals surface area contributed by atoms with Crippen molar-refractivity contribution in [2.75, 3.05) is 13.1 Å². The van der Waals surface area contributed by atoms with Crippen molar-refractivity contribution in [1.29, 1.82) is 0 Å². The maximum atomic E-state index is 12.6. The molecule has 3 nitrogen and oxygen atoms in total. The van der Waals surface area contributed by atoms with Crippen LogP contribution in [-0.4, -0.2) is 29.4 Å². The largest absolute Gasteiger partial charge is 0.342 e. The van der Waals surface area contributed by atoms with Gasteiger partial charge in [0, 0.05) is 18.6 Å². The molecule has 2 aliphatic rings. The molecule has 0 radical (unpaired) electrons. The van der Waals surface area contributed by atoms with Crippen LogP contribution in [0.4, 0.5) is 0 Å². The van der Waals surface area contributed by atoms with Crippen LogP contribution in [-0.2, 0) is 4.79 Å². The molecule has 3 heteroatoms. The average Bonchev–Trinajstić information content (AvgIpc) is 2.58. The van der Waals surface area contributed by atoms with Crippen LogP contribution in [0.2, 0.25) is 0 Å². The van der Waals surface area contributed by atoms with Gasteiger partial charge in [-0.05, 0) is 31.6 Å². The van der Waals surface area contributed by atoms with Crippen LogP contribution in [0.1, 0.15) is 46.5 Å². The van der Waals surface area contributed by atoms with E-state index in [0.717, 1.165) is 32.4 Å². The van der Waals surface area contributed by atoms with Gasteiger partial charge in [0.2, 0.25) is 5.91 Å². The fourth-order valence-corrected chi connectivity index (χ4v) is 3.29. The molecule has 0 aromatic carbocycles. The van der Waals surface area contributed by atoms with Gasteiger partial charge in [0.1, 0.15) is 0 Å². The van der Waals surface area contributed by atoms with E-state index in [4.69, 9.17) is 5.73 Å². The molecule has 0 aromatic rings. The minimum Gasteiger partial charge on any atom is -0.342 e. The van der Waals surface area contributed by atoms with E-state index in [0.29, 0.717) is 17.7 Å². The van der Waals surface area contributed by atoms with E-state index in [2.05, 4.69) is 25.7 Å². The minimum atomic E-state index is -0.287. The second-order valence-electron chi connectivity index (χ2n) is 6.50. The van der Waals surface area contributed by atoms with Gasteiger partial charge < -0.3 is 10.6 Å². The number of rotatable bonds is 1. The van der Waals surface area contributed by atoms with Gasteiger partial charge >= 0.3 is 0 Å². The third kappa shape index (κ3) is 2.49. The van der Waals surface area contributed by atoms with Crippen molar-refractivity contribution in [3.8, 4) is 0 Å².